The van der Waals surface area contributed by atoms with Crippen LogP contribution in [0, 0.1) is 0 Å². The molecular formula is IrO3Sr. The fourth-order valence-corrected chi connectivity index (χ4v) is 0. The second kappa shape index (κ2) is 37.3. The van der Waals surface area contributed by atoms with Crippen LogP contribution in [0.3, 0.4) is 0 Å². The maximum absolute atomic E-state index is 0. The van der Waals surface area contributed by atoms with E-state index in [-0.39, 0.29) is 82.0 Å². The monoisotopic (exact) mass is 329 g/mol. The average molecular weight is 328 g/mol. The summed E-state index contributed by atoms with van der Waals surface area (Å²) in [6.07, 6.45) is 0. The van der Waals surface area contributed by atoms with Gasteiger partial charge in [-0.05, 0) is 0 Å². The number of hydrogen-bond acceptors (Lipinski definition) is 0. The first kappa shape index (κ1) is 62.7. The predicted molar refractivity (Wildman–Crippen MR) is 7.81 cm³/mol. The van der Waals surface area contributed by atoms with Crippen LogP contribution in [0.1, 0.15) is 0 Å². The first-order valence-electron chi connectivity index (χ1n) is 0. The second-order valence-electron chi connectivity index (χ2n) is 0. The topological polar surface area (TPSA) is 85.5 Å². The molecule has 0 amide bonds. The third-order valence-corrected chi connectivity index (χ3v) is 0. The summed E-state index contributed by atoms with van der Waals surface area (Å²) < 4.78 is 0. The molecule has 0 fully saturated rings. The Balaban J connectivity index is 0. The molecule has 3 nitrogen and oxygen atoms in total. The predicted octanol–water partition coefficient (Wildman–Crippen LogP) is -0.740. The molecule has 0 rings (SSSR count). The van der Waals surface area contributed by atoms with Crippen LogP contribution >= 0.6 is 0 Å². The third-order valence-electron chi connectivity index (χ3n) is 0. The molecule has 0 aromatic carbocycles. The van der Waals surface area contributed by atoms with Gasteiger partial charge in [0, 0.05) is 0 Å². The summed E-state index contributed by atoms with van der Waals surface area (Å²) in [5.74, 6) is 0. The summed E-state index contributed by atoms with van der Waals surface area (Å²) in [5.41, 5.74) is 0. The standard InChI is InChI=1S/Ir.3O.Sr/q+4;3*-2;+2. The van der Waals surface area contributed by atoms with Gasteiger partial charge in [0.05, 0.1) is 0 Å². The molecule has 0 heterocycles. The van der Waals surface area contributed by atoms with Gasteiger partial charge in [0.1, 0.15) is 0 Å². The van der Waals surface area contributed by atoms with Crippen molar-refractivity contribution in [2.75, 3.05) is 0 Å². The van der Waals surface area contributed by atoms with E-state index in [1.54, 1.807) is 0 Å². The van der Waals surface area contributed by atoms with Crippen LogP contribution in [0.4, 0.5) is 0 Å². The zero-order valence-corrected chi connectivity index (χ0v) is 8.14. The second-order valence-corrected chi connectivity index (χ2v) is 0. The van der Waals surface area contributed by atoms with E-state index in [1.165, 1.54) is 0 Å². The van der Waals surface area contributed by atoms with Crippen molar-refractivity contribution in [2.24, 2.45) is 0 Å². The van der Waals surface area contributed by atoms with Gasteiger partial charge in [-0.1, -0.05) is 0 Å². The van der Waals surface area contributed by atoms with Crippen LogP contribution in [0.5, 0.6) is 0 Å². The minimum Gasteiger partial charge on any atom is -2.00 e. The van der Waals surface area contributed by atoms with Crippen molar-refractivity contribution in [3.05, 3.63) is 0 Å². The SMILES string of the molecule is [Ir+4].[O-2].[O-2].[O-2].[Sr+2]. The fraction of sp³-hybridized carbons (Fsp3) is 0. The Morgan fingerprint density at radius 1 is 0.600 bits per heavy atom. The van der Waals surface area contributed by atoms with Gasteiger partial charge >= 0.3 is 65.6 Å². The van der Waals surface area contributed by atoms with Gasteiger partial charge in [0.25, 0.3) is 0 Å². The largest absolute Gasteiger partial charge is 4.00 e. The van der Waals surface area contributed by atoms with Crippen LogP contribution in [0.25, 0.3) is 0 Å². The molecule has 0 aliphatic rings. The summed E-state index contributed by atoms with van der Waals surface area (Å²) in [4.78, 5) is 0. The van der Waals surface area contributed by atoms with Gasteiger partial charge in [-0.15, -0.1) is 0 Å². The molecule has 0 aromatic heterocycles. The van der Waals surface area contributed by atoms with Gasteiger partial charge < -0.3 is 16.4 Å². The summed E-state index contributed by atoms with van der Waals surface area (Å²) in [6, 6.07) is 0. The number of rotatable bonds is 0. The molecule has 5 heavy (non-hydrogen) atoms. The molecule has 0 spiro atoms. The summed E-state index contributed by atoms with van der Waals surface area (Å²) in [6.45, 7) is 0. The van der Waals surface area contributed by atoms with Gasteiger partial charge in [-0.25, -0.2) is 0 Å². The Labute approximate surface area is 80.7 Å². The molecule has 29 valence electrons. The molecule has 1 radical (unpaired) electrons. The van der Waals surface area contributed by atoms with Crippen LogP contribution < -0.4 is 0 Å². The van der Waals surface area contributed by atoms with E-state index < -0.39 is 0 Å². The molecule has 0 unspecified atom stereocenters. The molecule has 0 aromatic rings. The normalized spacial score (nSPS) is 0. The van der Waals surface area contributed by atoms with Crippen molar-refractivity contribution in [3.8, 4) is 0 Å². The smallest absolute Gasteiger partial charge is 2.00 e. The van der Waals surface area contributed by atoms with E-state index in [1.807, 2.05) is 0 Å². The Morgan fingerprint density at radius 2 is 0.600 bits per heavy atom. The van der Waals surface area contributed by atoms with Gasteiger partial charge in [0.15, 0.2) is 0 Å². The summed E-state index contributed by atoms with van der Waals surface area (Å²) in [7, 11) is 0. The Bertz CT molecular complexity index is 6.85. The van der Waals surface area contributed by atoms with Crippen LogP contribution in [0.15, 0.2) is 0 Å². The minimum absolute atomic E-state index is 0. The molecule has 0 bridgehead atoms. The molecule has 0 aliphatic heterocycles. The Hall–Kier alpha value is 2.01. The van der Waals surface area contributed by atoms with Gasteiger partial charge in [-0.3, -0.25) is 0 Å². The van der Waals surface area contributed by atoms with Crippen molar-refractivity contribution >= 4 is 45.5 Å². The van der Waals surface area contributed by atoms with Crippen LogP contribution in [-0.4, -0.2) is 45.5 Å². The maximum atomic E-state index is 0. The van der Waals surface area contributed by atoms with Crippen molar-refractivity contribution in [3.63, 3.8) is 0 Å². The maximum Gasteiger partial charge on any atom is 4.00 e. The molecule has 0 N–H and O–H groups in total. The first-order valence-corrected chi connectivity index (χ1v) is 0. The fourth-order valence-electron chi connectivity index (χ4n) is 0. The van der Waals surface area contributed by atoms with Gasteiger partial charge in [0.2, 0.25) is 0 Å². The molecule has 0 saturated heterocycles. The summed E-state index contributed by atoms with van der Waals surface area (Å²) in [5, 5.41) is 0. The quantitative estimate of drug-likeness (QED) is 0.525. The minimum atomic E-state index is 0. The van der Waals surface area contributed by atoms with E-state index in [4.69, 9.17) is 0 Å². The van der Waals surface area contributed by atoms with E-state index in [2.05, 4.69) is 0 Å². The number of hydrogen-bond donors (Lipinski definition) is 0. The zero-order chi connectivity index (χ0) is 0. The van der Waals surface area contributed by atoms with Gasteiger partial charge in [-0.2, -0.15) is 0 Å². The Morgan fingerprint density at radius 3 is 0.600 bits per heavy atom. The van der Waals surface area contributed by atoms with E-state index in [9.17, 15) is 0 Å². The van der Waals surface area contributed by atoms with Crippen LogP contribution in [0.2, 0.25) is 0 Å². The van der Waals surface area contributed by atoms with Crippen molar-refractivity contribution in [1.29, 1.82) is 0 Å². The van der Waals surface area contributed by atoms with E-state index >= 15 is 0 Å². The molecule has 0 atom stereocenters. The summed E-state index contributed by atoms with van der Waals surface area (Å²) >= 11 is 0. The van der Waals surface area contributed by atoms with Crippen LogP contribution in [-0.2, 0) is 36.5 Å². The first-order chi connectivity index (χ1) is 0. The molecule has 0 saturated carbocycles. The van der Waals surface area contributed by atoms with Crippen molar-refractivity contribution in [1.82, 2.24) is 0 Å². The molecule has 5 heteroatoms. The van der Waals surface area contributed by atoms with Crippen molar-refractivity contribution in [2.45, 2.75) is 0 Å². The van der Waals surface area contributed by atoms with Crippen molar-refractivity contribution < 1.29 is 36.5 Å². The Kier molecular flexibility index (Phi) is 468. The van der Waals surface area contributed by atoms with E-state index in [0.717, 1.165) is 0 Å². The van der Waals surface area contributed by atoms with E-state index in [0.29, 0.717) is 0 Å². The zero-order valence-electron chi connectivity index (χ0n) is 2.27. The molecular weight excluding hydrogens is 328 g/mol. The molecule has 0 aliphatic carbocycles. The average Bonchev–Trinajstić information content (AvgIpc) is 0. The third kappa shape index (κ3) is 23.9.